The quantitative estimate of drug-likeness (QED) is 0.851. The van der Waals surface area contributed by atoms with Crippen molar-refractivity contribution in [1.29, 1.82) is 0 Å². The maximum Gasteiger partial charge on any atom is 0.134 e. The summed E-state index contributed by atoms with van der Waals surface area (Å²) in [4.78, 5) is 13.5. The number of piperidine rings is 1. The molecule has 28 heavy (non-hydrogen) atoms. The third-order valence-corrected chi connectivity index (χ3v) is 6.61. The van der Waals surface area contributed by atoms with Gasteiger partial charge in [-0.25, -0.2) is 9.97 Å². The van der Waals surface area contributed by atoms with Crippen LogP contribution in [0.3, 0.4) is 0 Å². The third-order valence-electron chi connectivity index (χ3n) is 6.61. The van der Waals surface area contributed by atoms with Crippen LogP contribution in [0, 0.1) is 0 Å². The molecule has 1 saturated heterocycles. The summed E-state index contributed by atoms with van der Waals surface area (Å²) in [7, 11) is 0. The Kier molecular flexibility index (Phi) is 4.91. The fourth-order valence-corrected chi connectivity index (χ4v) is 4.71. The highest BCUT2D eigenvalue weighted by Gasteiger charge is 2.34. The number of aliphatic hydroxyl groups is 1. The standard InChI is InChI=1S/C22H29N5O/c28-20-14-27(22-12-21(23-15-24-22)25-18-6-3-7-18)11-9-19(20)26-10-8-16-4-1-2-5-17(16)13-26/h1-2,4-5,12,15,18-20,28H,3,6-11,13-14H2,(H,23,24,25)/t19?,20-/m0/s1. The van der Waals surface area contributed by atoms with Crippen LogP contribution < -0.4 is 10.2 Å². The Labute approximate surface area is 166 Å². The van der Waals surface area contributed by atoms with Crippen LogP contribution in [0.1, 0.15) is 36.8 Å². The van der Waals surface area contributed by atoms with Gasteiger partial charge in [0.15, 0.2) is 0 Å². The summed E-state index contributed by atoms with van der Waals surface area (Å²) in [5.41, 5.74) is 2.86. The fraction of sp³-hybridized carbons (Fsp3) is 0.545. The molecule has 3 aliphatic rings. The number of benzene rings is 1. The molecular formula is C22H29N5O. The van der Waals surface area contributed by atoms with Gasteiger partial charge in [-0.1, -0.05) is 24.3 Å². The minimum atomic E-state index is -0.364. The van der Waals surface area contributed by atoms with E-state index in [0.717, 1.165) is 44.1 Å². The third kappa shape index (κ3) is 3.59. The molecule has 0 bridgehead atoms. The molecule has 0 radical (unpaired) electrons. The van der Waals surface area contributed by atoms with Gasteiger partial charge in [0.05, 0.1) is 6.10 Å². The molecule has 2 aromatic rings. The highest BCUT2D eigenvalue weighted by atomic mass is 16.3. The van der Waals surface area contributed by atoms with Crippen LogP contribution in [-0.2, 0) is 13.0 Å². The monoisotopic (exact) mass is 379 g/mol. The average molecular weight is 380 g/mol. The highest BCUT2D eigenvalue weighted by molar-refractivity contribution is 5.49. The molecule has 148 valence electrons. The lowest BCUT2D eigenvalue weighted by molar-refractivity contribution is 0.0293. The SMILES string of the molecule is O[C@H]1CN(c2cc(NC3CCC3)ncn2)CCC1N1CCc2ccccc2C1. The van der Waals surface area contributed by atoms with Crippen LogP contribution in [0.25, 0.3) is 0 Å². The zero-order valence-corrected chi connectivity index (χ0v) is 16.3. The number of nitrogens with one attached hydrogen (secondary N) is 1. The van der Waals surface area contributed by atoms with Gasteiger partial charge in [0.2, 0.25) is 0 Å². The van der Waals surface area contributed by atoms with Gasteiger partial charge in [0.25, 0.3) is 0 Å². The molecule has 1 saturated carbocycles. The number of hydrogen-bond acceptors (Lipinski definition) is 6. The Bertz CT molecular complexity index is 824. The molecule has 6 nitrogen and oxygen atoms in total. The summed E-state index contributed by atoms with van der Waals surface area (Å²) in [6, 6.07) is 11.5. The minimum absolute atomic E-state index is 0.221. The van der Waals surface area contributed by atoms with Gasteiger partial charge in [-0.15, -0.1) is 0 Å². The molecule has 3 heterocycles. The second kappa shape index (κ2) is 7.68. The van der Waals surface area contributed by atoms with Crippen molar-refractivity contribution in [3.63, 3.8) is 0 Å². The summed E-state index contributed by atoms with van der Waals surface area (Å²) in [6.45, 7) is 3.52. The van der Waals surface area contributed by atoms with Crippen molar-refractivity contribution < 1.29 is 5.11 Å². The number of anilines is 2. The van der Waals surface area contributed by atoms with Crippen LogP contribution in [0.5, 0.6) is 0 Å². The first-order valence-corrected chi connectivity index (χ1v) is 10.6. The van der Waals surface area contributed by atoms with E-state index in [-0.39, 0.29) is 12.1 Å². The maximum atomic E-state index is 10.9. The molecule has 1 unspecified atom stereocenters. The first kappa shape index (κ1) is 17.9. The number of rotatable bonds is 4. The topological polar surface area (TPSA) is 64.5 Å². The van der Waals surface area contributed by atoms with E-state index in [0.29, 0.717) is 12.6 Å². The summed E-state index contributed by atoms with van der Waals surface area (Å²) < 4.78 is 0. The number of hydrogen-bond donors (Lipinski definition) is 2. The summed E-state index contributed by atoms with van der Waals surface area (Å²) >= 11 is 0. The Morgan fingerprint density at radius 3 is 2.68 bits per heavy atom. The number of aliphatic hydroxyl groups excluding tert-OH is 1. The smallest absolute Gasteiger partial charge is 0.134 e. The largest absolute Gasteiger partial charge is 0.390 e. The van der Waals surface area contributed by atoms with Crippen molar-refractivity contribution in [3.05, 3.63) is 47.8 Å². The molecule has 1 aromatic heterocycles. The van der Waals surface area contributed by atoms with E-state index >= 15 is 0 Å². The van der Waals surface area contributed by atoms with Gasteiger partial charge >= 0.3 is 0 Å². The zero-order chi connectivity index (χ0) is 18.9. The second-order valence-corrected chi connectivity index (χ2v) is 8.39. The van der Waals surface area contributed by atoms with Crippen molar-refractivity contribution in [2.45, 2.75) is 56.8 Å². The number of β-amino-alcohol motifs (C(OH)–C–C–N with tert-alkyl or cyclic N) is 1. The Balaban J connectivity index is 1.23. The summed E-state index contributed by atoms with van der Waals surface area (Å²) in [5, 5.41) is 14.4. The van der Waals surface area contributed by atoms with Gasteiger partial charge in [0, 0.05) is 44.3 Å². The van der Waals surface area contributed by atoms with Crippen LogP contribution >= 0.6 is 0 Å². The average Bonchev–Trinajstić information content (AvgIpc) is 2.70. The molecule has 0 amide bonds. The van der Waals surface area contributed by atoms with E-state index in [9.17, 15) is 5.11 Å². The zero-order valence-electron chi connectivity index (χ0n) is 16.3. The fourth-order valence-electron chi connectivity index (χ4n) is 4.71. The molecule has 1 aliphatic carbocycles. The number of fused-ring (bicyclic) bond motifs is 1. The summed E-state index contributed by atoms with van der Waals surface area (Å²) in [5.74, 6) is 1.82. The van der Waals surface area contributed by atoms with Crippen LogP contribution in [-0.4, -0.2) is 57.8 Å². The van der Waals surface area contributed by atoms with Gasteiger partial charge in [-0.3, -0.25) is 4.90 Å². The molecular weight excluding hydrogens is 350 g/mol. The lowest BCUT2D eigenvalue weighted by Crippen LogP contribution is -2.55. The van der Waals surface area contributed by atoms with Crippen LogP contribution in [0.4, 0.5) is 11.6 Å². The predicted octanol–water partition coefficient (Wildman–Crippen LogP) is 2.44. The second-order valence-electron chi connectivity index (χ2n) is 8.39. The lowest BCUT2D eigenvalue weighted by atomic mass is 9.93. The first-order chi connectivity index (χ1) is 13.8. The normalized spacial score (nSPS) is 25.8. The molecule has 2 aliphatic heterocycles. The first-order valence-electron chi connectivity index (χ1n) is 10.6. The van der Waals surface area contributed by atoms with E-state index in [1.165, 1.54) is 30.4 Å². The molecule has 0 spiro atoms. The maximum absolute atomic E-state index is 10.9. The molecule has 6 heteroatoms. The summed E-state index contributed by atoms with van der Waals surface area (Å²) in [6.07, 6.45) is 7.05. The molecule has 2 N–H and O–H groups in total. The Morgan fingerprint density at radius 2 is 1.89 bits per heavy atom. The van der Waals surface area contributed by atoms with Gasteiger partial charge in [-0.05, 0) is 43.2 Å². The molecule has 5 rings (SSSR count). The number of nitrogens with zero attached hydrogens (tertiary/aromatic N) is 4. The van der Waals surface area contributed by atoms with E-state index in [2.05, 4.69) is 49.4 Å². The van der Waals surface area contributed by atoms with Crippen molar-refractivity contribution in [1.82, 2.24) is 14.9 Å². The van der Waals surface area contributed by atoms with Crippen LogP contribution in [0.2, 0.25) is 0 Å². The van der Waals surface area contributed by atoms with Crippen molar-refractivity contribution in [3.8, 4) is 0 Å². The van der Waals surface area contributed by atoms with E-state index < -0.39 is 0 Å². The Morgan fingerprint density at radius 1 is 1.04 bits per heavy atom. The molecule has 2 fully saturated rings. The van der Waals surface area contributed by atoms with Crippen molar-refractivity contribution in [2.75, 3.05) is 29.9 Å². The Hall–Kier alpha value is -2.18. The van der Waals surface area contributed by atoms with Gasteiger partial charge in [0.1, 0.15) is 18.0 Å². The van der Waals surface area contributed by atoms with E-state index in [1.54, 1.807) is 6.33 Å². The predicted molar refractivity (Wildman–Crippen MR) is 110 cm³/mol. The lowest BCUT2D eigenvalue weighted by Gasteiger charge is -2.43. The van der Waals surface area contributed by atoms with Crippen LogP contribution in [0.15, 0.2) is 36.7 Å². The van der Waals surface area contributed by atoms with E-state index in [4.69, 9.17) is 0 Å². The molecule has 2 atom stereocenters. The minimum Gasteiger partial charge on any atom is -0.390 e. The molecule has 1 aromatic carbocycles. The van der Waals surface area contributed by atoms with Gasteiger partial charge in [-0.2, -0.15) is 0 Å². The van der Waals surface area contributed by atoms with Crippen molar-refractivity contribution in [2.24, 2.45) is 0 Å². The van der Waals surface area contributed by atoms with Gasteiger partial charge < -0.3 is 15.3 Å². The van der Waals surface area contributed by atoms with E-state index in [1.807, 2.05) is 6.07 Å². The number of aromatic nitrogens is 2. The highest BCUT2D eigenvalue weighted by Crippen LogP contribution is 2.28. The van der Waals surface area contributed by atoms with Crippen molar-refractivity contribution >= 4 is 11.6 Å².